The highest BCUT2D eigenvalue weighted by molar-refractivity contribution is 5.85. The lowest BCUT2D eigenvalue weighted by molar-refractivity contribution is -0.132. The number of nitrogens with zero attached hydrogens (tertiary/aromatic N) is 7. The lowest BCUT2D eigenvalue weighted by Gasteiger charge is -2.30. The molecular weight excluding hydrogens is 470 g/mol. The topological polar surface area (TPSA) is 140 Å². The maximum absolute atomic E-state index is 12.8. The van der Waals surface area contributed by atoms with Gasteiger partial charge >= 0.3 is 0 Å². The van der Waals surface area contributed by atoms with Crippen LogP contribution in [-0.2, 0) is 16.0 Å². The molecule has 0 unspecified atom stereocenters. The van der Waals surface area contributed by atoms with E-state index in [-0.39, 0.29) is 36.2 Å². The third kappa shape index (κ3) is 4.98. The molecule has 35 heavy (non-hydrogen) atoms. The van der Waals surface area contributed by atoms with Crippen LogP contribution in [0.4, 0.5) is 17.7 Å². The Morgan fingerprint density at radius 2 is 1.83 bits per heavy atom. The molecule has 3 aliphatic heterocycles. The second-order valence-corrected chi connectivity index (χ2v) is 9.54. The Kier molecular flexibility index (Phi) is 7.58. The van der Waals surface area contributed by atoms with Crippen LogP contribution in [0.25, 0.3) is 11.3 Å². The Morgan fingerprint density at radius 1 is 1.11 bits per heavy atom. The molecule has 2 saturated heterocycles. The van der Waals surface area contributed by atoms with Gasteiger partial charge in [0.05, 0.1) is 24.9 Å². The molecule has 0 bridgehead atoms. The van der Waals surface area contributed by atoms with Gasteiger partial charge in [-0.3, -0.25) is 4.79 Å². The zero-order valence-electron chi connectivity index (χ0n) is 20.3. The van der Waals surface area contributed by atoms with E-state index in [1.54, 1.807) is 12.4 Å². The molecule has 4 N–H and O–H groups in total. The number of carbonyl (C=O) groups excluding carboxylic acids is 1. The second kappa shape index (κ2) is 10.5. The summed E-state index contributed by atoms with van der Waals surface area (Å²) in [7, 11) is 0. The van der Waals surface area contributed by atoms with E-state index in [2.05, 4.69) is 19.8 Å². The predicted octanol–water partition coefficient (Wildman–Crippen LogP) is 0.721. The monoisotopic (exact) mass is 503 g/mol. The Labute approximate surface area is 211 Å². The molecule has 2 fully saturated rings. The second-order valence-electron chi connectivity index (χ2n) is 9.54. The molecule has 0 aliphatic carbocycles. The first-order valence-corrected chi connectivity index (χ1v) is 12.0. The molecule has 0 radical (unpaired) electrons. The summed E-state index contributed by atoms with van der Waals surface area (Å²) < 4.78 is 5.53. The Morgan fingerprint density at radius 3 is 2.51 bits per heavy atom. The van der Waals surface area contributed by atoms with E-state index in [0.717, 1.165) is 61.7 Å². The number of aromatic nitrogens is 4. The zero-order chi connectivity index (χ0) is 23.8. The summed E-state index contributed by atoms with van der Waals surface area (Å²) in [6.07, 6.45) is 5.17. The molecule has 5 rings (SSSR count). The smallest absolute Gasteiger partial charge is 0.239 e. The first-order valence-electron chi connectivity index (χ1n) is 12.0. The van der Waals surface area contributed by atoms with Crippen molar-refractivity contribution in [3.05, 3.63) is 18.0 Å². The van der Waals surface area contributed by atoms with Gasteiger partial charge in [0.2, 0.25) is 17.8 Å². The number of ether oxygens (including phenoxy) is 1. The van der Waals surface area contributed by atoms with Crippen LogP contribution in [0.2, 0.25) is 0 Å². The minimum Gasteiger partial charge on any atom is -0.378 e. The van der Waals surface area contributed by atoms with Crippen LogP contribution in [0.3, 0.4) is 0 Å². The van der Waals surface area contributed by atoms with Crippen LogP contribution in [0.5, 0.6) is 0 Å². The van der Waals surface area contributed by atoms with Crippen molar-refractivity contribution in [2.75, 3.05) is 61.5 Å². The number of carbonyl (C=O) groups is 1. The lowest BCUT2D eigenvalue weighted by atomic mass is 10.0. The maximum Gasteiger partial charge on any atom is 0.239 e. The molecule has 12 heteroatoms. The van der Waals surface area contributed by atoms with Gasteiger partial charge in [0, 0.05) is 62.3 Å². The molecule has 2 atom stereocenters. The highest BCUT2D eigenvalue weighted by atomic mass is 35.5. The number of morpholine rings is 1. The van der Waals surface area contributed by atoms with Crippen molar-refractivity contribution in [2.24, 2.45) is 11.7 Å². The summed E-state index contributed by atoms with van der Waals surface area (Å²) >= 11 is 0. The highest BCUT2D eigenvalue weighted by Gasteiger charge is 2.38. The third-order valence-corrected chi connectivity index (χ3v) is 7.01. The van der Waals surface area contributed by atoms with E-state index in [1.165, 1.54) is 0 Å². The van der Waals surface area contributed by atoms with Crippen molar-refractivity contribution in [3.63, 3.8) is 0 Å². The van der Waals surface area contributed by atoms with Crippen LogP contribution < -0.4 is 21.3 Å². The maximum atomic E-state index is 12.8. The van der Waals surface area contributed by atoms with Crippen LogP contribution in [-0.4, -0.2) is 88.8 Å². The zero-order valence-corrected chi connectivity index (χ0v) is 21.1. The SMILES string of the molecule is CC(C)[C@@H](N)C(=O)N1CC[C@H](N2CCc3c(-c4cnc(N)nc4)nc(N4CCOCC4)nc32)C1.Cl. The average Bonchev–Trinajstić information content (AvgIpc) is 3.51. The quantitative estimate of drug-likeness (QED) is 0.599. The Hall–Kier alpha value is -2.76. The number of halogens is 1. The van der Waals surface area contributed by atoms with Gasteiger partial charge in [-0.15, -0.1) is 12.4 Å². The Balaban J connectivity index is 0.00000289. The number of fused-ring (bicyclic) bond motifs is 1. The molecule has 2 aromatic rings. The summed E-state index contributed by atoms with van der Waals surface area (Å²) in [5.74, 6) is 2.02. The number of anilines is 3. The van der Waals surface area contributed by atoms with Gasteiger partial charge in [-0.2, -0.15) is 4.98 Å². The van der Waals surface area contributed by atoms with Crippen molar-refractivity contribution < 1.29 is 9.53 Å². The summed E-state index contributed by atoms with van der Waals surface area (Å²) in [6, 6.07) is -0.260. The van der Waals surface area contributed by atoms with Gasteiger partial charge in [-0.1, -0.05) is 13.8 Å². The fraction of sp³-hybridized carbons (Fsp3) is 0.609. The van der Waals surface area contributed by atoms with Crippen LogP contribution in [0, 0.1) is 5.92 Å². The van der Waals surface area contributed by atoms with Crippen molar-refractivity contribution in [3.8, 4) is 11.3 Å². The van der Waals surface area contributed by atoms with Crippen LogP contribution >= 0.6 is 12.4 Å². The first kappa shape index (κ1) is 25.3. The van der Waals surface area contributed by atoms with E-state index in [1.807, 2.05) is 18.7 Å². The highest BCUT2D eigenvalue weighted by Crippen LogP contribution is 2.37. The van der Waals surface area contributed by atoms with Gasteiger partial charge < -0.3 is 30.9 Å². The lowest BCUT2D eigenvalue weighted by Crippen LogP contribution is -2.47. The molecule has 0 saturated carbocycles. The van der Waals surface area contributed by atoms with E-state index in [4.69, 9.17) is 26.2 Å². The van der Waals surface area contributed by atoms with Crippen LogP contribution in [0.1, 0.15) is 25.8 Å². The van der Waals surface area contributed by atoms with Crippen molar-refractivity contribution in [1.29, 1.82) is 0 Å². The number of nitrogen functional groups attached to an aromatic ring is 1. The average molecular weight is 504 g/mol. The first-order chi connectivity index (χ1) is 16.4. The van der Waals surface area contributed by atoms with Gasteiger partial charge in [-0.05, 0) is 18.8 Å². The molecule has 11 nitrogen and oxygen atoms in total. The van der Waals surface area contributed by atoms with E-state index in [0.29, 0.717) is 25.7 Å². The predicted molar refractivity (Wildman–Crippen MR) is 137 cm³/mol. The number of nitrogens with two attached hydrogens (primary N) is 2. The molecule has 0 spiro atoms. The van der Waals surface area contributed by atoms with E-state index < -0.39 is 6.04 Å². The van der Waals surface area contributed by atoms with Crippen molar-refractivity contribution >= 4 is 36.0 Å². The molecule has 190 valence electrons. The minimum absolute atomic E-state index is 0. The third-order valence-electron chi connectivity index (χ3n) is 7.01. The molecule has 2 aromatic heterocycles. The largest absolute Gasteiger partial charge is 0.378 e. The Bertz CT molecular complexity index is 1050. The fourth-order valence-electron chi connectivity index (χ4n) is 4.92. The minimum atomic E-state index is -0.461. The number of rotatable bonds is 5. The summed E-state index contributed by atoms with van der Waals surface area (Å²) in [6.45, 7) is 8.98. The van der Waals surface area contributed by atoms with Gasteiger partial charge in [0.25, 0.3) is 0 Å². The van der Waals surface area contributed by atoms with E-state index in [9.17, 15) is 4.79 Å². The van der Waals surface area contributed by atoms with Gasteiger partial charge in [0.15, 0.2) is 0 Å². The fourth-order valence-corrected chi connectivity index (χ4v) is 4.92. The standard InChI is InChI=1S/C23H33N9O2.ClH/c1-14(2)18(24)21(33)31-5-3-16(13-31)32-6-4-17-19(15-11-26-22(25)27-12-15)28-23(29-20(17)32)30-7-9-34-10-8-30;/h11-12,14,16,18H,3-10,13,24H2,1-2H3,(H2,25,26,27);1H/t16-,18+;/m0./s1. The van der Waals surface area contributed by atoms with Crippen molar-refractivity contribution in [2.45, 2.75) is 38.8 Å². The van der Waals surface area contributed by atoms with Gasteiger partial charge in [0.1, 0.15) is 5.82 Å². The number of amides is 1. The normalized spacial score (nSPS) is 20.7. The summed E-state index contributed by atoms with van der Waals surface area (Å²) in [5, 5.41) is 0. The number of hydrogen-bond acceptors (Lipinski definition) is 10. The molecular formula is C23H34ClN9O2. The molecule has 3 aliphatic rings. The molecule has 1 amide bonds. The van der Waals surface area contributed by atoms with E-state index >= 15 is 0 Å². The number of likely N-dealkylation sites (tertiary alicyclic amines) is 1. The summed E-state index contributed by atoms with van der Waals surface area (Å²) in [4.78, 5) is 37.6. The van der Waals surface area contributed by atoms with Crippen LogP contribution in [0.15, 0.2) is 12.4 Å². The van der Waals surface area contributed by atoms with Gasteiger partial charge in [-0.25, -0.2) is 15.0 Å². The molecule has 5 heterocycles. The number of hydrogen-bond donors (Lipinski definition) is 2. The summed E-state index contributed by atoms with van der Waals surface area (Å²) in [5.41, 5.74) is 14.6. The molecule has 0 aromatic carbocycles. The van der Waals surface area contributed by atoms with Crippen molar-refractivity contribution in [1.82, 2.24) is 24.8 Å².